The Labute approximate surface area is 104 Å². The van der Waals surface area contributed by atoms with Gasteiger partial charge in [-0.05, 0) is 12.1 Å². The summed E-state index contributed by atoms with van der Waals surface area (Å²) in [5.41, 5.74) is 1.58. The summed E-state index contributed by atoms with van der Waals surface area (Å²) in [6, 6.07) is 7.59. The number of para-hydroxylation sites is 1. The molecule has 0 saturated heterocycles. The van der Waals surface area contributed by atoms with Crippen LogP contribution < -0.4 is 5.32 Å². The Morgan fingerprint density at radius 2 is 2.28 bits per heavy atom. The lowest BCUT2D eigenvalue weighted by atomic mass is 10.2. The van der Waals surface area contributed by atoms with E-state index in [-0.39, 0.29) is 13.0 Å². The molecule has 0 spiro atoms. The van der Waals surface area contributed by atoms with Gasteiger partial charge in [-0.1, -0.05) is 12.1 Å². The molecule has 0 bridgehead atoms. The number of hydrogen-bond donors (Lipinski definition) is 2. The molecule has 0 saturated carbocycles. The monoisotopic (exact) mass is 249 g/mol. The van der Waals surface area contributed by atoms with Crippen LogP contribution >= 0.6 is 0 Å². The largest absolute Gasteiger partial charge is 0.469 e. The van der Waals surface area contributed by atoms with Gasteiger partial charge in [-0.2, -0.15) is 0 Å². The molecular formula is C13H15NO4. The van der Waals surface area contributed by atoms with E-state index in [0.717, 1.165) is 16.7 Å². The maximum Gasteiger partial charge on any atom is 0.308 e. The predicted octanol–water partition coefficient (Wildman–Crippen LogP) is 1.77. The highest BCUT2D eigenvalue weighted by atomic mass is 16.5. The second kappa shape index (κ2) is 5.55. The molecule has 5 heteroatoms. The highest BCUT2D eigenvalue weighted by molar-refractivity contribution is 5.90. The Morgan fingerprint density at radius 3 is 3.06 bits per heavy atom. The van der Waals surface area contributed by atoms with Crippen LogP contribution in [0.5, 0.6) is 0 Å². The minimum atomic E-state index is -0.786. The average Bonchev–Trinajstić information content (AvgIpc) is 2.79. The topological polar surface area (TPSA) is 71.7 Å². The standard InChI is InChI=1S/C13H15NO4/c1-17-13(16)6-9(15)7-14-11-8-18-12-5-3-2-4-10(11)12/h2-5,8-9,14-15H,6-7H2,1H3. The summed E-state index contributed by atoms with van der Waals surface area (Å²) >= 11 is 0. The molecule has 5 nitrogen and oxygen atoms in total. The minimum Gasteiger partial charge on any atom is -0.469 e. The number of fused-ring (bicyclic) bond motifs is 1. The first-order valence-electron chi connectivity index (χ1n) is 5.65. The number of aliphatic hydroxyl groups excluding tert-OH is 1. The van der Waals surface area contributed by atoms with Crippen molar-refractivity contribution >= 4 is 22.6 Å². The van der Waals surface area contributed by atoms with Gasteiger partial charge in [0.05, 0.1) is 25.3 Å². The molecular weight excluding hydrogens is 234 g/mol. The molecule has 0 radical (unpaired) electrons. The van der Waals surface area contributed by atoms with Crippen LogP contribution in [-0.2, 0) is 9.53 Å². The van der Waals surface area contributed by atoms with E-state index < -0.39 is 12.1 Å². The number of nitrogens with one attached hydrogen (secondary N) is 1. The van der Waals surface area contributed by atoms with E-state index in [1.54, 1.807) is 6.26 Å². The smallest absolute Gasteiger partial charge is 0.308 e. The molecule has 0 aliphatic heterocycles. The fourth-order valence-electron chi connectivity index (χ4n) is 1.69. The van der Waals surface area contributed by atoms with Gasteiger partial charge in [0.15, 0.2) is 0 Å². The third-order valence-corrected chi connectivity index (χ3v) is 2.64. The Bertz CT molecular complexity index is 535. The Hall–Kier alpha value is -2.01. The van der Waals surface area contributed by atoms with Crippen molar-refractivity contribution < 1.29 is 19.1 Å². The summed E-state index contributed by atoms with van der Waals surface area (Å²) in [7, 11) is 1.30. The van der Waals surface area contributed by atoms with Gasteiger partial charge in [-0.15, -0.1) is 0 Å². The van der Waals surface area contributed by atoms with Gasteiger partial charge in [0.2, 0.25) is 0 Å². The summed E-state index contributed by atoms with van der Waals surface area (Å²) < 4.78 is 9.83. The summed E-state index contributed by atoms with van der Waals surface area (Å²) in [5, 5.41) is 13.6. The highest BCUT2D eigenvalue weighted by Gasteiger charge is 2.12. The zero-order valence-corrected chi connectivity index (χ0v) is 10.1. The first-order chi connectivity index (χ1) is 8.70. The lowest BCUT2D eigenvalue weighted by Gasteiger charge is -2.10. The van der Waals surface area contributed by atoms with E-state index in [1.807, 2.05) is 24.3 Å². The van der Waals surface area contributed by atoms with Crippen molar-refractivity contribution in [3.63, 3.8) is 0 Å². The molecule has 0 aliphatic rings. The van der Waals surface area contributed by atoms with Crippen LogP contribution in [0.1, 0.15) is 6.42 Å². The molecule has 96 valence electrons. The van der Waals surface area contributed by atoms with Gasteiger partial charge in [-0.25, -0.2) is 0 Å². The zero-order valence-electron chi connectivity index (χ0n) is 10.1. The van der Waals surface area contributed by atoms with E-state index in [0.29, 0.717) is 0 Å². The lowest BCUT2D eigenvalue weighted by molar-refractivity contribution is -0.142. The molecule has 1 unspecified atom stereocenters. The molecule has 1 atom stereocenters. The first kappa shape index (κ1) is 12.4. The van der Waals surface area contributed by atoms with Crippen molar-refractivity contribution in [2.75, 3.05) is 19.0 Å². The molecule has 18 heavy (non-hydrogen) atoms. The number of esters is 1. The van der Waals surface area contributed by atoms with Crippen LogP contribution in [0, 0.1) is 0 Å². The van der Waals surface area contributed by atoms with Crippen LogP contribution in [0.4, 0.5) is 5.69 Å². The van der Waals surface area contributed by atoms with E-state index in [1.165, 1.54) is 7.11 Å². The number of benzene rings is 1. The van der Waals surface area contributed by atoms with Crippen molar-refractivity contribution in [2.24, 2.45) is 0 Å². The number of carbonyl (C=O) groups excluding carboxylic acids is 1. The molecule has 1 aromatic heterocycles. The van der Waals surface area contributed by atoms with Crippen molar-refractivity contribution in [2.45, 2.75) is 12.5 Å². The minimum absolute atomic E-state index is 0.0285. The number of furan rings is 1. The second-order valence-corrected chi connectivity index (χ2v) is 3.96. The van der Waals surface area contributed by atoms with Gasteiger partial charge in [0, 0.05) is 11.9 Å². The van der Waals surface area contributed by atoms with Crippen molar-refractivity contribution in [1.29, 1.82) is 0 Å². The summed E-state index contributed by atoms with van der Waals surface area (Å²) in [6.07, 6.45) is 0.778. The molecule has 0 amide bonds. The van der Waals surface area contributed by atoms with Crippen LogP contribution in [0.3, 0.4) is 0 Å². The average molecular weight is 249 g/mol. The molecule has 2 N–H and O–H groups in total. The number of ether oxygens (including phenoxy) is 1. The Morgan fingerprint density at radius 1 is 1.50 bits per heavy atom. The number of rotatable bonds is 5. The van der Waals surface area contributed by atoms with Gasteiger partial charge in [0.1, 0.15) is 11.8 Å². The Kier molecular flexibility index (Phi) is 3.84. The lowest BCUT2D eigenvalue weighted by Crippen LogP contribution is -2.23. The number of carbonyl (C=O) groups is 1. The van der Waals surface area contributed by atoms with Gasteiger partial charge < -0.3 is 19.6 Å². The highest BCUT2D eigenvalue weighted by Crippen LogP contribution is 2.25. The third-order valence-electron chi connectivity index (χ3n) is 2.64. The number of aliphatic hydroxyl groups is 1. The van der Waals surface area contributed by atoms with E-state index >= 15 is 0 Å². The fourth-order valence-corrected chi connectivity index (χ4v) is 1.69. The second-order valence-electron chi connectivity index (χ2n) is 3.96. The molecule has 0 aliphatic carbocycles. The van der Waals surface area contributed by atoms with Gasteiger partial charge in [0.25, 0.3) is 0 Å². The van der Waals surface area contributed by atoms with Crippen LogP contribution in [0.25, 0.3) is 11.0 Å². The summed E-state index contributed by atoms with van der Waals surface area (Å²) in [5.74, 6) is -0.429. The first-order valence-corrected chi connectivity index (χ1v) is 5.65. The SMILES string of the molecule is COC(=O)CC(O)CNc1coc2ccccc12. The maximum absolute atomic E-state index is 11.0. The molecule has 2 rings (SSSR count). The molecule has 2 aromatic rings. The van der Waals surface area contributed by atoms with Crippen LogP contribution in [0.2, 0.25) is 0 Å². The maximum atomic E-state index is 11.0. The number of hydrogen-bond acceptors (Lipinski definition) is 5. The fraction of sp³-hybridized carbons (Fsp3) is 0.308. The van der Waals surface area contributed by atoms with Gasteiger partial charge >= 0.3 is 5.97 Å². The van der Waals surface area contributed by atoms with Crippen molar-refractivity contribution in [3.8, 4) is 0 Å². The normalized spacial score (nSPS) is 12.3. The third kappa shape index (κ3) is 2.81. The van der Waals surface area contributed by atoms with E-state index in [9.17, 15) is 9.90 Å². The van der Waals surface area contributed by atoms with Crippen molar-refractivity contribution in [1.82, 2.24) is 0 Å². The molecule has 0 fully saturated rings. The van der Waals surface area contributed by atoms with Gasteiger partial charge in [-0.3, -0.25) is 4.79 Å². The van der Waals surface area contributed by atoms with Crippen LogP contribution in [-0.4, -0.2) is 30.8 Å². The number of methoxy groups -OCH3 is 1. The molecule has 1 heterocycles. The van der Waals surface area contributed by atoms with E-state index in [4.69, 9.17) is 4.42 Å². The molecule has 1 aromatic carbocycles. The van der Waals surface area contributed by atoms with E-state index in [2.05, 4.69) is 10.1 Å². The van der Waals surface area contributed by atoms with Crippen LogP contribution in [0.15, 0.2) is 34.9 Å². The quantitative estimate of drug-likeness (QED) is 0.790. The van der Waals surface area contributed by atoms with Crippen molar-refractivity contribution in [3.05, 3.63) is 30.5 Å². The number of anilines is 1. The Balaban J connectivity index is 1.96. The predicted molar refractivity (Wildman–Crippen MR) is 67.3 cm³/mol. The zero-order chi connectivity index (χ0) is 13.0. The summed E-state index contributed by atoms with van der Waals surface area (Å²) in [4.78, 5) is 11.0. The summed E-state index contributed by atoms with van der Waals surface area (Å²) in [6.45, 7) is 0.263.